The lowest BCUT2D eigenvalue weighted by Crippen LogP contribution is -2.17. The molecule has 12 rings (SSSR count). The molecular formula is C74H70N4O. The van der Waals surface area contributed by atoms with E-state index in [1.54, 1.807) is 0 Å². The molecule has 0 radical (unpaired) electrons. The van der Waals surface area contributed by atoms with Gasteiger partial charge in [0.1, 0.15) is 11.6 Å². The van der Waals surface area contributed by atoms with Crippen LogP contribution in [0.3, 0.4) is 0 Å². The molecule has 5 nitrogen and oxygen atoms in total. The number of rotatable bonds is 7. The van der Waals surface area contributed by atoms with E-state index in [0.29, 0.717) is 11.4 Å². The maximum absolute atomic E-state index is 12.6. The van der Waals surface area contributed by atoms with Crippen LogP contribution in [-0.2, 0) is 21.7 Å². The van der Waals surface area contributed by atoms with Crippen LogP contribution in [0.4, 0.5) is 0 Å². The molecule has 0 saturated carbocycles. The Morgan fingerprint density at radius 2 is 1.04 bits per heavy atom. The topological polar surface area (TPSA) is 55.9 Å². The number of phenolic OH excluding ortho intramolecular Hbond substituents is 1. The van der Waals surface area contributed by atoms with E-state index in [-0.39, 0.29) is 27.4 Å². The van der Waals surface area contributed by atoms with Crippen molar-refractivity contribution in [2.75, 3.05) is 0 Å². The minimum atomic E-state index is -0.149. The SMILES string of the molecule is CC(C)(C)c1cc(-n2c(-c3ccc(-c4c(C(C)(C)C)ccc5cc(C(C)(C)C)ccc45)cc3O)nc3c(-c4cccc(-c5cc(-c6cccc7c8ccccc8n(-c8ccccc8)c67)ccn5)c4)cccc32)cc(C(C)(C)C)c1. The Morgan fingerprint density at radius 1 is 0.392 bits per heavy atom. The van der Waals surface area contributed by atoms with Gasteiger partial charge in [-0.25, -0.2) is 4.98 Å². The first-order chi connectivity index (χ1) is 37.6. The fourth-order valence-corrected chi connectivity index (χ4v) is 11.7. The van der Waals surface area contributed by atoms with Crippen LogP contribution < -0.4 is 0 Å². The Bertz CT molecular complexity index is 4320. The fraction of sp³-hybridized carbons (Fsp3) is 0.216. The molecule has 0 aliphatic heterocycles. The zero-order chi connectivity index (χ0) is 55.3. The first kappa shape index (κ1) is 51.2. The number of hydrogen-bond acceptors (Lipinski definition) is 3. The highest BCUT2D eigenvalue weighted by Gasteiger charge is 2.28. The number of phenols is 1. The molecule has 0 bridgehead atoms. The summed E-state index contributed by atoms with van der Waals surface area (Å²) in [6.45, 7) is 27.3. The second-order valence-electron chi connectivity index (χ2n) is 25.8. The van der Waals surface area contributed by atoms with Gasteiger partial charge in [0.05, 0.1) is 33.3 Å². The molecule has 0 aliphatic carbocycles. The van der Waals surface area contributed by atoms with Crippen molar-refractivity contribution in [3.8, 4) is 73.2 Å². The van der Waals surface area contributed by atoms with Gasteiger partial charge in [0.25, 0.3) is 0 Å². The quantitative estimate of drug-likeness (QED) is 0.173. The molecular weight excluding hydrogens is 961 g/mol. The minimum Gasteiger partial charge on any atom is -0.507 e. The molecule has 3 aromatic heterocycles. The monoisotopic (exact) mass is 1030 g/mol. The van der Waals surface area contributed by atoms with E-state index in [1.807, 2.05) is 12.3 Å². The summed E-state index contributed by atoms with van der Waals surface area (Å²) >= 11 is 0. The number of nitrogens with zero attached hydrogens (tertiary/aromatic N) is 4. The van der Waals surface area contributed by atoms with Gasteiger partial charge in [-0.05, 0) is 144 Å². The third kappa shape index (κ3) is 9.19. The molecule has 0 spiro atoms. The summed E-state index contributed by atoms with van der Waals surface area (Å²) in [5.41, 5.74) is 19.8. The van der Waals surface area contributed by atoms with Crippen LogP contribution in [-0.4, -0.2) is 24.2 Å². The molecule has 392 valence electrons. The molecule has 0 amide bonds. The number of aromatic hydroxyl groups is 1. The highest BCUT2D eigenvalue weighted by atomic mass is 16.3. The molecule has 0 atom stereocenters. The zero-order valence-electron chi connectivity index (χ0n) is 47.8. The van der Waals surface area contributed by atoms with E-state index in [0.717, 1.165) is 67.0 Å². The van der Waals surface area contributed by atoms with Crippen molar-refractivity contribution in [3.63, 3.8) is 0 Å². The molecule has 3 heterocycles. The summed E-state index contributed by atoms with van der Waals surface area (Å²) in [6.07, 6.45) is 1.93. The minimum absolute atomic E-state index is 0.0121. The molecule has 0 fully saturated rings. The maximum atomic E-state index is 12.6. The van der Waals surface area contributed by atoms with Gasteiger partial charge in [-0.3, -0.25) is 9.55 Å². The molecule has 79 heavy (non-hydrogen) atoms. The number of imidazole rings is 1. The predicted octanol–water partition coefficient (Wildman–Crippen LogP) is 19.9. The van der Waals surface area contributed by atoms with Crippen molar-refractivity contribution >= 4 is 43.6 Å². The fourth-order valence-electron chi connectivity index (χ4n) is 11.7. The first-order valence-corrected chi connectivity index (χ1v) is 27.9. The Morgan fingerprint density at radius 3 is 1.76 bits per heavy atom. The molecule has 0 saturated heterocycles. The second-order valence-corrected chi connectivity index (χ2v) is 25.8. The van der Waals surface area contributed by atoms with Crippen LogP contribution in [0.2, 0.25) is 0 Å². The van der Waals surface area contributed by atoms with Crippen molar-refractivity contribution in [2.45, 2.75) is 105 Å². The summed E-state index contributed by atoms with van der Waals surface area (Å²) < 4.78 is 4.66. The smallest absolute Gasteiger partial charge is 0.149 e. The lowest BCUT2D eigenvalue weighted by Gasteiger charge is -2.27. The number of aromatic nitrogens is 4. The third-order valence-corrected chi connectivity index (χ3v) is 16.1. The van der Waals surface area contributed by atoms with Crippen molar-refractivity contribution in [1.82, 2.24) is 19.1 Å². The van der Waals surface area contributed by atoms with E-state index >= 15 is 0 Å². The molecule has 9 aromatic carbocycles. The Kier molecular flexibility index (Phi) is 12.2. The Hall–Kier alpha value is -8.54. The highest BCUT2D eigenvalue weighted by Crippen LogP contribution is 2.46. The largest absolute Gasteiger partial charge is 0.507 e. The van der Waals surface area contributed by atoms with Gasteiger partial charge >= 0.3 is 0 Å². The highest BCUT2D eigenvalue weighted by molar-refractivity contribution is 6.14. The van der Waals surface area contributed by atoms with E-state index in [1.165, 1.54) is 54.8 Å². The van der Waals surface area contributed by atoms with Gasteiger partial charge in [-0.15, -0.1) is 0 Å². The standard InChI is InChI=1S/C74H70N4O/c1-71(2,3)51-33-35-56-47(40-51)32-36-62(74(10,11)12)67(56)50-31-34-61(66(79)42-50)70-76-68-57(26-20-30-65(68)78(70)55-44-52(72(4,5)6)43-53(45-55)73(7,8)9)46-21-18-22-49(39-46)63-41-48(37-38-75-63)58-27-19-28-60-59-25-16-17-29-64(59)77(69(58)60)54-23-14-13-15-24-54/h13-45,79H,1-12H3. The van der Waals surface area contributed by atoms with Crippen molar-refractivity contribution < 1.29 is 5.11 Å². The lowest BCUT2D eigenvalue weighted by atomic mass is 9.78. The molecule has 12 aromatic rings. The number of fused-ring (bicyclic) bond motifs is 5. The summed E-state index contributed by atoms with van der Waals surface area (Å²) in [6, 6.07) is 70.1. The average Bonchev–Trinajstić information content (AvgIpc) is 4.23. The molecule has 0 unspecified atom stereocenters. The number of para-hydroxylation sites is 4. The normalized spacial score (nSPS) is 12.6. The molecule has 0 aliphatic rings. The van der Waals surface area contributed by atoms with Crippen molar-refractivity contribution in [3.05, 3.63) is 223 Å². The van der Waals surface area contributed by atoms with Crippen LogP contribution in [0.5, 0.6) is 5.75 Å². The van der Waals surface area contributed by atoms with Crippen LogP contribution in [0, 0.1) is 0 Å². The van der Waals surface area contributed by atoms with Gasteiger partial charge in [0.2, 0.25) is 0 Å². The van der Waals surface area contributed by atoms with Crippen LogP contribution in [0.15, 0.2) is 200 Å². The summed E-state index contributed by atoms with van der Waals surface area (Å²) in [5.74, 6) is 0.850. The second kappa shape index (κ2) is 18.8. The lowest BCUT2D eigenvalue weighted by molar-refractivity contribution is 0.477. The van der Waals surface area contributed by atoms with E-state index in [9.17, 15) is 5.11 Å². The van der Waals surface area contributed by atoms with Crippen LogP contribution in [0.25, 0.3) is 111 Å². The number of benzene rings is 9. The Balaban J connectivity index is 1.03. The third-order valence-electron chi connectivity index (χ3n) is 16.1. The number of hydrogen-bond donors (Lipinski definition) is 1. The van der Waals surface area contributed by atoms with Gasteiger partial charge in [-0.1, -0.05) is 210 Å². The van der Waals surface area contributed by atoms with Crippen molar-refractivity contribution in [1.29, 1.82) is 0 Å². The first-order valence-electron chi connectivity index (χ1n) is 27.9. The average molecular weight is 1030 g/mol. The van der Waals surface area contributed by atoms with E-state index in [4.69, 9.17) is 9.97 Å². The van der Waals surface area contributed by atoms with Crippen molar-refractivity contribution in [2.24, 2.45) is 0 Å². The summed E-state index contributed by atoms with van der Waals surface area (Å²) in [5, 5.41) is 17.4. The van der Waals surface area contributed by atoms with E-state index in [2.05, 4.69) is 280 Å². The predicted molar refractivity (Wildman–Crippen MR) is 334 cm³/mol. The van der Waals surface area contributed by atoms with Gasteiger partial charge in [-0.2, -0.15) is 0 Å². The van der Waals surface area contributed by atoms with Crippen LogP contribution in [0.1, 0.15) is 105 Å². The molecule has 5 heteroatoms. The van der Waals surface area contributed by atoms with Gasteiger partial charge in [0.15, 0.2) is 0 Å². The van der Waals surface area contributed by atoms with E-state index < -0.39 is 0 Å². The maximum Gasteiger partial charge on any atom is 0.149 e. The number of pyridine rings is 1. The Labute approximate surface area is 465 Å². The zero-order valence-corrected chi connectivity index (χ0v) is 47.8. The van der Waals surface area contributed by atoms with Crippen LogP contribution >= 0.6 is 0 Å². The molecule has 1 N–H and O–H groups in total. The van der Waals surface area contributed by atoms with Gasteiger partial charge < -0.3 is 9.67 Å². The summed E-state index contributed by atoms with van der Waals surface area (Å²) in [7, 11) is 0. The summed E-state index contributed by atoms with van der Waals surface area (Å²) in [4.78, 5) is 10.7. The van der Waals surface area contributed by atoms with Gasteiger partial charge in [0, 0.05) is 45.0 Å².